The van der Waals surface area contributed by atoms with Crippen LogP contribution < -0.4 is 5.43 Å². The Labute approximate surface area is 127 Å². The zero-order valence-corrected chi connectivity index (χ0v) is 11.8. The molecule has 0 saturated carbocycles. The van der Waals surface area contributed by atoms with Gasteiger partial charge in [-0.3, -0.25) is 14.6 Å². The summed E-state index contributed by atoms with van der Waals surface area (Å²) in [6, 6.07) is 12.4. The SMILES string of the molecule is O=C(O)CCC(=NNC(=O)c1cccnc1)c1ccccc1. The van der Waals surface area contributed by atoms with E-state index in [1.165, 1.54) is 6.20 Å². The van der Waals surface area contributed by atoms with E-state index in [2.05, 4.69) is 15.5 Å². The summed E-state index contributed by atoms with van der Waals surface area (Å²) >= 11 is 0. The minimum Gasteiger partial charge on any atom is -0.481 e. The van der Waals surface area contributed by atoms with Gasteiger partial charge in [0.15, 0.2) is 0 Å². The van der Waals surface area contributed by atoms with E-state index < -0.39 is 11.9 Å². The Kier molecular flexibility index (Phi) is 5.37. The first kappa shape index (κ1) is 15.4. The van der Waals surface area contributed by atoms with Gasteiger partial charge < -0.3 is 5.11 Å². The number of hydrogen-bond donors (Lipinski definition) is 2. The van der Waals surface area contributed by atoms with Crippen LogP contribution in [-0.4, -0.2) is 27.7 Å². The number of carbonyl (C=O) groups excluding carboxylic acids is 1. The van der Waals surface area contributed by atoms with Gasteiger partial charge in [-0.25, -0.2) is 5.43 Å². The van der Waals surface area contributed by atoms with Gasteiger partial charge in [0.1, 0.15) is 0 Å². The number of carboxylic acids is 1. The number of rotatable bonds is 6. The van der Waals surface area contributed by atoms with Crippen molar-refractivity contribution in [1.82, 2.24) is 10.4 Å². The molecule has 0 bridgehead atoms. The summed E-state index contributed by atoms with van der Waals surface area (Å²) in [7, 11) is 0. The van der Waals surface area contributed by atoms with Crippen molar-refractivity contribution in [3.8, 4) is 0 Å². The monoisotopic (exact) mass is 297 g/mol. The lowest BCUT2D eigenvalue weighted by Gasteiger charge is -2.06. The third-order valence-corrected chi connectivity index (χ3v) is 2.90. The minimum absolute atomic E-state index is 0.0590. The van der Waals surface area contributed by atoms with E-state index in [-0.39, 0.29) is 12.8 Å². The van der Waals surface area contributed by atoms with E-state index in [4.69, 9.17) is 5.11 Å². The van der Waals surface area contributed by atoms with Crippen molar-refractivity contribution in [1.29, 1.82) is 0 Å². The van der Waals surface area contributed by atoms with Crippen LogP contribution in [0.5, 0.6) is 0 Å². The lowest BCUT2D eigenvalue weighted by Crippen LogP contribution is -2.20. The molecule has 2 N–H and O–H groups in total. The number of aliphatic carboxylic acids is 1. The highest BCUT2D eigenvalue weighted by molar-refractivity contribution is 6.03. The molecule has 0 aliphatic rings. The summed E-state index contributed by atoms with van der Waals surface area (Å²) in [6.45, 7) is 0. The fourth-order valence-corrected chi connectivity index (χ4v) is 1.80. The van der Waals surface area contributed by atoms with E-state index in [0.717, 1.165) is 5.56 Å². The number of benzene rings is 1. The van der Waals surface area contributed by atoms with Gasteiger partial charge in [-0.15, -0.1) is 0 Å². The largest absolute Gasteiger partial charge is 0.481 e. The summed E-state index contributed by atoms with van der Waals surface area (Å²) in [6.07, 6.45) is 3.18. The molecule has 2 aromatic rings. The van der Waals surface area contributed by atoms with Crippen molar-refractivity contribution in [3.63, 3.8) is 0 Å². The highest BCUT2D eigenvalue weighted by atomic mass is 16.4. The van der Waals surface area contributed by atoms with Crippen molar-refractivity contribution < 1.29 is 14.7 Å². The predicted molar refractivity (Wildman–Crippen MR) is 81.6 cm³/mol. The molecular weight excluding hydrogens is 282 g/mol. The average molecular weight is 297 g/mol. The number of amides is 1. The van der Waals surface area contributed by atoms with Gasteiger partial charge in [-0.1, -0.05) is 30.3 Å². The normalized spacial score (nSPS) is 11.0. The molecule has 0 radical (unpaired) electrons. The molecule has 22 heavy (non-hydrogen) atoms. The first-order chi connectivity index (χ1) is 10.7. The molecule has 0 aliphatic heterocycles. The van der Waals surface area contributed by atoms with Gasteiger partial charge in [0.05, 0.1) is 17.7 Å². The second-order valence-electron chi connectivity index (χ2n) is 4.50. The van der Waals surface area contributed by atoms with Gasteiger partial charge in [0.25, 0.3) is 5.91 Å². The Bertz CT molecular complexity index is 670. The Balaban J connectivity index is 2.14. The third kappa shape index (κ3) is 4.52. The molecule has 1 amide bonds. The molecule has 1 heterocycles. The molecule has 0 fully saturated rings. The maximum absolute atomic E-state index is 11.9. The summed E-state index contributed by atoms with van der Waals surface area (Å²) < 4.78 is 0. The van der Waals surface area contributed by atoms with Crippen molar-refractivity contribution in [2.75, 3.05) is 0 Å². The quantitative estimate of drug-likeness (QED) is 0.630. The Hall–Kier alpha value is -3.02. The Morgan fingerprint density at radius 3 is 2.41 bits per heavy atom. The molecule has 0 unspecified atom stereocenters. The lowest BCUT2D eigenvalue weighted by atomic mass is 10.1. The van der Waals surface area contributed by atoms with E-state index in [9.17, 15) is 9.59 Å². The maximum atomic E-state index is 11.9. The molecule has 6 heteroatoms. The van der Waals surface area contributed by atoms with E-state index >= 15 is 0 Å². The molecule has 6 nitrogen and oxygen atoms in total. The third-order valence-electron chi connectivity index (χ3n) is 2.90. The van der Waals surface area contributed by atoms with Gasteiger partial charge in [-0.05, 0) is 17.7 Å². The number of nitrogens with zero attached hydrogens (tertiary/aromatic N) is 2. The summed E-state index contributed by atoms with van der Waals surface area (Å²) in [5.41, 5.74) is 4.11. The van der Waals surface area contributed by atoms with E-state index in [1.54, 1.807) is 18.3 Å². The molecule has 0 aliphatic carbocycles. The van der Waals surface area contributed by atoms with E-state index in [0.29, 0.717) is 11.3 Å². The van der Waals surface area contributed by atoms with Crippen LogP contribution in [0.4, 0.5) is 0 Å². The number of hydrazone groups is 1. The number of carbonyl (C=O) groups is 2. The van der Waals surface area contributed by atoms with Crippen LogP contribution in [0.1, 0.15) is 28.8 Å². The number of carboxylic acid groups (broad SMARTS) is 1. The second kappa shape index (κ2) is 7.68. The van der Waals surface area contributed by atoms with Crippen molar-refractivity contribution in [2.45, 2.75) is 12.8 Å². The maximum Gasteiger partial charge on any atom is 0.303 e. The van der Waals surface area contributed by atoms with Crippen LogP contribution >= 0.6 is 0 Å². The zero-order valence-electron chi connectivity index (χ0n) is 11.8. The van der Waals surface area contributed by atoms with Crippen LogP contribution in [0, 0.1) is 0 Å². The molecule has 1 aromatic carbocycles. The standard InChI is InChI=1S/C16H15N3O3/c20-15(21)9-8-14(12-5-2-1-3-6-12)18-19-16(22)13-7-4-10-17-11-13/h1-7,10-11H,8-9H2,(H,19,22)(H,20,21). The fraction of sp³-hybridized carbons (Fsp3) is 0.125. The molecule has 0 spiro atoms. The smallest absolute Gasteiger partial charge is 0.303 e. The number of pyridine rings is 1. The summed E-state index contributed by atoms with van der Waals surface area (Å²) in [5, 5.41) is 12.9. The first-order valence-corrected chi connectivity index (χ1v) is 6.71. The van der Waals surface area contributed by atoms with E-state index in [1.807, 2.05) is 30.3 Å². The van der Waals surface area contributed by atoms with Crippen LogP contribution in [0.25, 0.3) is 0 Å². The van der Waals surface area contributed by atoms with Crippen molar-refractivity contribution in [2.24, 2.45) is 5.10 Å². The summed E-state index contributed by atoms with van der Waals surface area (Å²) in [5.74, 6) is -1.31. The Morgan fingerprint density at radius 1 is 1.05 bits per heavy atom. The Morgan fingerprint density at radius 2 is 1.77 bits per heavy atom. The van der Waals surface area contributed by atoms with Gasteiger partial charge in [-0.2, -0.15) is 5.10 Å². The first-order valence-electron chi connectivity index (χ1n) is 6.71. The molecule has 112 valence electrons. The molecule has 0 saturated heterocycles. The average Bonchev–Trinajstić information content (AvgIpc) is 2.56. The number of hydrogen-bond acceptors (Lipinski definition) is 4. The second-order valence-corrected chi connectivity index (χ2v) is 4.50. The van der Waals surface area contributed by atoms with Crippen LogP contribution in [0.15, 0.2) is 60.0 Å². The summed E-state index contributed by atoms with van der Waals surface area (Å²) in [4.78, 5) is 26.6. The van der Waals surface area contributed by atoms with Crippen LogP contribution in [0.3, 0.4) is 0 Å². The van der Waals surface area contributed by atoms with Gasteiger partial charge >= 0.3 is 5.97 Å². The molecule has 1 aromatic heterocycles. The number of nitrogens with one attached hydrogen (secondary N) is 1. The molecular formula is C16H15N3O3. The highest BCUT2D eigenvalue weighted by Crippen LogP contribution is 2.07. The van der Waals surface area contributed by atoms with Gasteiger partial charge in [0, 0.05) is 18.8 Å². The highest BCUT2D eigenvalue weighted by Gasteiger charge is 2.09. The molecule has 0 atom stereocenters. The van der Waals surface area contributed by atoms with Crippen molar-refractivity contribution >= 4 is 17.6 Å². The predicted octanol–water partition coefficient (Wildman–Crippen LogP) is 2.08. The fourth-order valence-electron chi connectivity index (χ4n) is 1.80. The van der Waals surface area contributed by atoms with Gasteiger partial charge in [0.2, 0.25) is 0 Å². The lowest BCUT2D eigenvalue weighted by molar-refractivity contribution is -0.136. The van der Waals surface area contributed by atoms with Crippen LogP contribution in [0.2, 0.25) is 0 Å². The minimum atomic E-state index is -0.915. The molecule has 2 rings (SSSR count). The van der Waals surface area contributed by atoms with Crippen molar-refractivity contribution in [3.05, 3.63) is 66.0 Å². The zero-order chi connectivity index (χ0) is 15.8. The topological polar surface area (TPSA) is 91.6 Å². The van der Waals surface area contributed by atoms with Crippen LogP contribution in [-0.2, 0) is 4.79 Å². The number of aromatic nitrogens is 1.